The van der Waals surface area contributed by atoms with Crippen LogP contribution in [-0.4, -0.2) is 15.0 Å². The Balaban J connectivity index is 1.94. The molecule has 2 heterocycles. The number of H-pyrrole nitrogens is 2. The first-order chi connectivity index (χ1) is 9.63. The molecule has 0 radical (unpaired) electrons. The summed E-state index contributed by atoms with van der Waals surface area (Å²) in [5.41, 5.74) is 3.43. The van der Waals surface area contributed by atoms with Crippen molar-refractivity contribution in [3.05, 3.63) is 57.2 Å². The molecule has 0 spiro atoms. The molecule has 0 aliphatic rings. The van der Waals surface area contributed by atoms with Gasteiger partial charge in [0.05, 0.1) is 16.7 Å². The molecule has 6 heteroatoms. The molecular formula is C14H13BrN4O. The van der Waals surface area contributed by atoms with Gasteiger partial charge in [-0.15, -0.1) is 0 Å². The van der Waals surface area contributed by atoms with Crippen molar-refractivity contribution in [1.29, 1.82) is 0 Å². The van der Waals surface area contributed by atoms with Gasteiger partial charge in [-0.25, -0.2) is 4.79 Å². The number of halogens is 1. The predicted octanol–water partition coefficient (Wildman–Crippen LogP) is 3.19. The molecule has 0 saturated heterocycles. The van der Waals surface area contributed by atoms with E-state index < -0.39 is 0 Å². The van der Waals surface area contributed by atoms with E-state index in [1.165, 1.54) is 0 Å². The summed E-state index contributed by atoms with van der Waals surface area (Å²) in [5.74, 6) is 0. The SMILES string of the molecule is CC(Nc1cc2[nH]c(=O)[nH]c2cc1Br)c1ccncc1. The molecule has 0 bridgehead atoms. The van der Waals surface area contributed by atoms with Crippen LogP contribution >= 0.6 is 15.9 Å². The van der Waals surface area contributed by atoms with Crippen LogP contribution in [0.4, 0.5) is 5.69 Å². The van der Waals surface area contributed by atoms with Crippen LogP contribution in [0.2, 0.25) is 0 Å². The number of imidazole rings is 1. The Morgan fingerprint density at radius 1 is 1.20 bits per heavy atom. The van der Waals surface area contributed by atoms with Crippen LogP contribution < -0.4 is 11.0 Å². The van der Waals surface area contributed by atoms with Gasteiger partial charge < -0.3 is 15.3 Å². The van der Waals surface area contributed by atoms with E-state index in [1.54, 1.807) is 12.4 Å². The molecule has 3 aromatic rings. The van der Waals surface area contributed by atoms with Crippen molar-refractivity contribution in [3.63, 3.8) is 0 Å². The number of nitrogens with one attached hydrogen (secondary N) is 3. The van der Waals surface area contributed by atoms with Gasteiger partial charge in [-0.05, 0) is 52.7 Å². The smallest absolute Gasteiger partial charge is 0.323 e. The summed E-state index contributed by atoms with van der Waals surface area (Å²) in [6.45, 7) is 2.08. The lowest BCUT2D eigenvalue weighted by Gasteiger charge is -2.16. The van der Waals surface area contributed by atoms with Crippen molar-refractivity contribution in [1.82, 2.24) is 15.0 Å². The number of rotatable bonds is 3. The van der Waals surface area contributed by atoms with Crippen molar-refractivity contribution in [3.8, 4) is 0 Å². The zero-order chi connectivity index (χ0) is 14.1. The van der Waals surface area contributed by atoms with E-state index >= 15 is 0 Å². The molecule has 20 heavy (non-hydrogen) atoms. The highest BCUT2D eigenvalue weighted by molar-refractivity contribution is 9.10. The van der Waals surface area contributed by atoms with Crippen LogP contribution in [0.5, 0.6) is 0 Å². The third-order valence-corrected chi connectivity index (χ3v) is 3.84. The van der Waals surface area contributed by atoms with Gasteiger partial charge in [0.25, 0.3) is 0 Å². The van der Waals surface area contributed by atoms with Crippen LogP contribution in [0.3, 0.4) is 0 Å². The van der Waals surface area contributed by atoms with Crippen molar-refractivity contribution in [2.24, 2.45) is 0 Å². The Bertz CT molecular complexity index is 794. The highest BCUT2D eigenvalue weighted by Gasteiger charge is 2.09. The van der Waals surface area contributed by atoms with Crippen LogP contribution in [0, 0.1) is 0 Å². The Hall–Kier alpha value is -2.08. The lowest BCUT2D eigenvalue weighted by Crippen LogP contribution is -2.07. The number of aromatic amines is 2. The zero-order valence-electron chi connectivity index (χ0n) is 10.8. The number of aromatic nitrogens is 3. The van der Waals surface area contributed by atoms with Gasteiger partial charge >= 0.3 is 5.69 Å². The quantitative estimate of drug-likeness (QED) is 0.689. The minimum absolute atomic E-state index is 0.136. The lowest BCUT2D eigenvalue weighted by molar-refractivity contribution is 0.880. The largest absolute Gasteiger partial charge is 0.378 e. The third-order valence-electron chi connectivity index (χ3n) is 3.18. The zero-order valence-corrected chi connectivity index (χ0v) is 12.4. The summed E-state index contributed by atoms with van der Waals surface area (Å²) < 4.78 is 0.904. The van der Waals surface area contributed by atoms with E-state index in [4.69, 9.17) is 0 Å². The lowest BCUT2D eigenvalue weighted by atomic mass is 10.1. The molecular weight excluding hydrogens is 320 g/mol. The number of nitrogens with zero attached hydrogens (tertiary/aromatic N) is 1. The van der Waals surface area contributed by atoms with E-state index in [0.717, 1.165) is 26.8 Å². The standard InChI is InChI=1S/C14H13BrN4O/c1-8(9-2-4-16-5-3-9)17-11-7-13-12(6-10(11)15)18-14(20)19-13/h2-8,17H,1H3,(H2,18,19,20). The Morgan fingerprint density at radius 2 is 1.85 bits per heavy atom. The van der Waals surface area contributed by atoms with Gasteiger partial charge in [-0.1, -0.05) is 0 Å². The Morgan fingerprint density at radius 3 is 2.55 bits per heavy atom. The summed E-state index contributed by atoms with van der Waals surface area (Å²) in [7, 11) is 0. The number of benzene rings is 1. The van der Waals surface area contributed by atoms with Crippen LogP contribution in [0.25, 0.3) is 11.0 Å². The fourth-order valence-electron chi connectivity index (χ4n) is 2.14. The molecule has 0 aliphatic heterocycles. The number of hydrogen-bond acceptors (Lipinski definition) is 3. The second-order valence-corrected chi connectivity index (χ2v) is 5.46. The molecule has 3 rings (SSSR count). The monoisotopic (exact) mass is 332 g/mol. The first-order valence-corrected chi connectivity index (χ1v) is 7.01. The van der Waals surface area contributed by atoms with Gasteiger partial charge in [0.1, 0.15) is 0 Å². The maximum atomic E-state index is 11.3. The summed E-state index contributed by atoms with van der Waals surface area (Å²) >= 11 is 3.52. The maximum absolute atomic E-state index is 11.3. The molecule has 1 atom stereocenters. The summed E-state index contributed by atoms with van der Waals surface area (Å²) in [6, 6.07) is 7.88. The first kappa shape index (κ1) is 12.9. The number of pyridine rings is 1. The normalized spacial score (nSPS) is 12.5. The van der Waals surface area contributed by atoms with Gasteiger partial charge in [0.2, 0.25) is 0 Å². The van der Waals surface area contributed by atoms with Gasteiger partial charge in [0.15, 0.2) is 0 Å². The molecule has 3 N–H and O–H groups in total. The fourth-order valence-corrected chi connectivity index (χ4v) is 2.59. The second-order valence-electron chi connectivity index (χ2n) is 4.60. The van der Waals surface area contributed by atoms with Crippen LogP contribution in [0.15, 0.2) is 45.9 Å². The van der Waals surface area contributed by atoms with Crippen molar-refractivity contribution in [2.45, 2.75) is 13.0 Å². The Kier molecular flexibility index (Phi) is 3.31. The highest BCUT2D eigenvalue weighted by Crippen LogP contribution is 2.29. The Labute approximate surface area is 123 Å². The van der Waals surface area contributed by atoms with Gasteiger partial charge in [-0.3, -0.25) is 4.98 Å². The minimum Gasteiger partial charge on any atom is -0.378 e. The van der Waals surface area contributed by atoms with E-state index in [0.29, 0.717) is 0 Å². The van der Waals surface area contributed by atoms with Gasteiger partial charge in [0, 0.05) is 22.9 Å². The molecule has 0 amide bonds. The van der Waals surface area contributed by atoms with Crippen molar-refractivity contribution >= 4 is 32.7 Å². The van der Waals surface area contributed by atoms with Crippen LogP contribution in [0.1, 0.15) is 18.5 Å². The summed E-state index contributed by atoms with van der Waals surface area (Å²) in [5, 5.41) is 3.42. The van der Waals surface area contributed by atoms with Crippen molar-refractivity contribution < 1.29 is 0 Å². The third kappa shape index (κ3) is 2.46. The van der Waals surface area contributed by atoms with E-state index in [1.807, 2.05) is 24.3 Å². The maximum Gasteiger partial charge on any atom is 0.323 e. The number of anilines is 1. The molecule has 5 nitrogen and oxygen atoms in total. The predicted molar refractivity (Wildman–Crippen MR) is 82.9 cm³/mol. The first-order valence-electron chi connectivity index (χ1n) is 6.21. The summed E-state index contributed by atoms with van der Waals surface area (Å²) in [4.78, 5) is 20.8. The molecule has 2 aromatic heterocycles. The number of fused-ring (bicyclic) bond motifs is 1. The average molecular weight is 333 g/mol. The minimum atomic E-state index is -0.203. The second kappa shape index (κ2) is 5.13. The molecule has 102 valence electrons. The topological polar surface area (TPSA) is 73.6 Å². The molecule has 0 aliphatic carbocycles. The summed E-state index contributed by atoms with van der Waals surface area (Å²) in [6.07, 6.45) is 3.55. The van der Waals surface area contributed by atoms with E-state index in [-0.39, 0.29) is 11.7 Å². The van der Waals surface area contributed by atoms with Gasteiger partial charge in [-0.2, -0.15) is 0 Å². The molecule has 0 saturated carbocycles. The molecule has 1 unspecified atom stereocenters. The molecule has 1 aromatic carbocycles. The highest BCUT2D eigenvalue weighted by atomic mass is 79.9. The van der Waals surface area contributed by atoms with E-state index in [2.05, 4.69) is 43.1 Å². The molecule has 0 fully saturated rings. The van der Waals surface area contributed by atoms with Crippen molar-refractivity contribution in [2.75, 3.05) is 5.32 Å². The van der Waals surface area contributed by atoms with Crippen LogP contribution in [-0.2, 0) is 0 Å². The average Bonchev–Trinajstić information content (AvgIpc) is 2.79. The van der Waals surface area contributed by atoms with E-state index in [9.17, 15) is 4.79 Å². The fraction of sp³-hybridized carbons (Fsp3) is 0.143. The number of hydrogen-bond donors (Lipinski definition) is 3.